The van der Waals surface area contributed by atoms with E-state index >= 15 is 0 Å². The number of nitrogens with zero attached hydrogens (tertiary/aromatic N) is 1. The molecule has 1 atom stereocenters. The van der Waals surface area contributed by atoms with Gasteiger partial charge in [0.1, 0.15) is 0 Å². The van der Waals surface area contributed by atoms with Crippen molar-refractivity contribution in [1.82, 2.24) is 4.90 Å². The van der Waals surface area contributed by atoms with Crippen molar-refractivity contribution in [1.29, 1.82) is 0 Å². The van der Waals surface area contributed by atoms with Crippen molar-refractivity contribution < 1.29 is 4.79 Å². The van der Waals surface area contributed by atoms with Gasteiger partial charge in [-0.3, -0.25) is 9.69 Å². The van der Waals surface area contributed by atoms with E-state index in [0.29, 0.717) is 6.04 Å². The van der Waals surface area contributed by atoms with Crippen molar-refractivity contribution in [3.05, 3.63) is 82.9 Å². The SMILES string of the molecule is CC(C)N(C)C(C1=CC(C)(C)c2ccccc2C1=O)c1ccccc1. The van der Waals surface area contributed by atoms with Crippen LogP contribution in [0.4, 0.5) is 0 Å². The molecule has 0 radical (unpaired) electrons. The quantitative estimate of drug-likeness (QED) is 0.769. The van der Waals surface area contributed by atoms with Gasteiger partial charge >= 0.3 is 0 Å². The second-order valence-corrected chi connectivity index (χ2v) is 7.77. The summed E-state index contributed by atoms with van der Waals surface area (Å²) in [5.41, 5.74) is 3.83. The molecule has 0 bridgehead atoms. The molecular weight excluding hydrogens is 306 g/mol. The molecule has 2 heteroatoms. The number of carbonyl (C=O) groups excluding carboxylic acids is 1. The molecule has 2 nitrogen and oxygen atoms in total. The average molecular weight is 333 g/mol. The van der Waals surface area contributed by atoms with Gasteiger partial charge in [0.2, 0.25) is 0 Å². The summed E-state index contributed by atoms with van der Waals surface area (Å²) in [6, 6.07) is 18.6. The number of carbonyl (C=O) groups is 1. The number of rotatable bonds is 4. The average Bonchev–Trinajstić information content (AvgIpc) is 2.60. The molecule has 0 aromatic heterocycles. The van der Waals surface area contributed by atoms with Gasteiger partial charge in [0.15, 0.2) is 5.78 Å². The van der Waals surface area contributed by atoms with Crippen molar-refractivity contribution in [2.75, 3.05) is 7.05 Å². The maximum atomic E-state index is 13.4. The Labute approximate surface area is 151 Å². The third-order valence-electron chi connectivity index (χ3n) is 5.28. The van der Waals surface area contributed by atoms with Gasteiger partial charge < -0.3 is 0 Å². The van der Waals surface area contributed by atoms with Crippen LogP contribution in [0.3, 0.4) is 0 Å². The lowest BCUT2D eigenvalue weighted by molar-refractivity contribution is 0.0991. The fraction of sp³-hybridized carbons (Fsp3) is 0.348. The van der Waals surface area contributed by atoms with Crippen LogP contribution in [-0.2, 0) is 5.41 Å². The largest absolute Gasteiger partial charge is 0.293 e. The Hall–Kier alpha value is -2.19. The van der Waals surface area contributed by atoms with Crippen LogP contribution in [0.5, 0.6) is 0 Å². The van der Waals surface area contributed by atoms with E-state index in [1.165, 1.54) is 0 Å². The number of benzene rings is 2. The lowest BCUT2D eigenvalue weighted by Gasteiger charge is -2.38. The molecule has 0 amide bonds. The Balaban J connectivity index is 2.17. The first-order chi connectivity index (χ1) is 11.8. The monoisotopic (exact) mass is 333 g/mol. The minimum Gasteiger partial charge on any atom is -0.293 e. The van der Waals surface area contributed by atoms with Gasteiger partial charge in [0.25, 0.3) is 0 Å². The summed E-state index contributed by atoms with van der Waals surface area (Å²) in [5, 5.41) is 0. The van der Waals surface area contributed by atoms with Crippen LogP contribution in [0.1, 0.15) is 55.2 Å². The molecule has 25 heavy (non-hydrogen) atoms. The number of likely N-dealkylation sites (N-methyl/N-ethyl adjacent to an activating group) is 1. The van der Waals surface area contributed by atoms with Crippen molar-refractivity contribution >= 4 is 5.78 Å². The van der Waals surface area contributed by atoms with Crippen LogP contribution in [0.2, 0.25) is 0 Å². The van der Waals surface area contributed by atoms with E-state index in [0.717, 1.165) is 22.3 Å². The van der Waals surface area contributed by atoms with Gasteiger partial charge in [0.05, 0.1) is 6.04 Å². The van der Waals surface area contributed by atoms with E-state index in [1.807, 2.05) is 36.4 Å². The third-order valence-corrected chi connectivity index (χ3v) is 5.28. The standard InChI is InChI=1S/C23H27NO/c1-16(2)24(5)21(17-11-7-6-8-12-17)19-15-23(3,4)20-14-10-9-13-18(20)22(19)25/h6-16,21H,1-5H3. The van der Waals surface area contributed by atoms with Gasteiger partial charge in [-0.1, -0.05) is 74.5 Å². The van der Waals surface area contributed by atoms with E-state index in [2.05, 4.69) is 63.9 Å². The van der Waals surface area contributed by atoms with E-state index < -0.39 is 0 Å². The highest BCUT2D eigenvalue weighted by Gasteiger charge is 2.37. The maximum absolute atomic E-state index is 13.4. The van der Waals surface area contributed by atoms with Gasteiger partial charge in [-0.15, -0.1) is 0 Å². The predicted molar refractivity (Wildman–Crippen MR) is 104 cm³/mol. The molecule has 2 aromatic rings. The fourth-order valence-corrected chi connectivity index (χ4v) is 3.70. The summed E-state index contributed by atoms with van der Waals surface area (Å²) in [7, 11) is 2.10. The number of allylic oxidation sites excluding steroid dienone is 1. The van der Waals surface area contributed by atoms with E-state index in [-0.39, 0.29) is 17.2 Å². The van der Waals surface area contributed by atoms with Gasteiger partial charge in [-0.05, 0) is 32.0 Å². The van der Waals surface area contributed by atoms with E-state index in [4.69, 9.17) is 0 Å². The molecular formula is C23H27NO. The van der Waals surface area contributed by atoms with Crippen molar-refractivity contribution in [2.45, 2.75) is 45.2 Å². The van der Waals surface area contributed by atoms with Crippen LogP contribution in [-0.4, -0.2) is 23.8 Å². The first kappa shape index (κ1) is 17.6. The van der Waals surface area contributed by atoms with Gasteiger partial charge in [0, 0.05) is 22.6 Å². The minimum absolute atomic E-state index is 0.0404. The molecule has 0 spiro atoms. The molecule has 0 saturated carbocycles. The van der Waals surface area contributed by atoms with Crippen LogP contribution >= 0.6 is 0 Å². The van der Waals surface area contributed by atoms with Crippen LogP contribution in [0, 0.1) is 0 Å². The number of hydrogen-bond acceptors (Lipinski definition) is 2. The summed E-state index contributed by atoms with van der Waals surface area (Å²) >= 11 is 0. The molecule has 1 unspecified atom stereocenters. The Morgan fingerprint density at radius 1 is 0.920 bits per heavy atom. The summed E-state index contributed by atoms with van der Waals surface area (Å²) < 4.78 is 0. The van der Waals surface area contributed by atoms with Gasteiger partial charge in [-0.2, -0.15) is 0 Å². The van der Waals surface area contributed by atoms with Crippen LogP contribution in [0.15, 0.2) is 66.2 Å². The maximum Gasteiger partial charge on any atom is 0.190 e. The molecule has 0 N–H and O–H groups in total. The zero-order valence-corrected chi connectivity index (χ0v) is 15.8. The fourth-order valence-electron chi connectivity index (χ4n) is 3.70. The number of hydrogen-bond donors (Lipinski definition) is 0. The smallest absolute Gasteiger partial charge is 0.190 e. The van der Waals surface area contributed by atoms with E-state index in [9.17, 15) is 4.79 Å². The summed E-state index contributed by atoms with van der Waals surface area (Å²) in [6.07, 6.45) is 2.17. The highest BCUT2D eigenvalue weighted by atomic mass is 16.1. The highest BCUT2D eigenvalue weighted by molar-refractivity contribution is 6.12. The Morgan fingerprint density at radius 2 is 1.52 bits per heavy atom. The highest BCUT2D eigenvalue weighted by Crippen LogP contribution is 2.41. The number of fused-ring (bicyclic) bond motifs is 1. The molecule has 0 fully saturated rings. The van der Waals surface area contributed by atoms with Crippen LogP contribution in [0.25, 0.3) is 0 Å². The molecule has 0 saturated heterocycles. The Morgan fingerprint density at radius 3 is 2.16 bits per heavy atom. The molecule has 130 valence electrons. The molecule has 1 aliphatic rings. The normalized spacial score (nSPS) is 17.4. The molecule has 3 rings (SSSR count). The second kappa shape index (κ2) is 6.61. The molecule has 1 aliphatic carbocycles. The first-order valence-corrected chi connectivity index (χ1v) is 8.97. The number of Topliss-reactive ketones (excluding diaryl/α,β-unsaturated/α-hetero) is 1. The topological polar surface area (TPSA) is 20.3 Å². The van der Waals surface area contributed by atoms with Crippen molar-refractivity contribution in [3.8, 4) is 0 Å². The first-order valence-electron chi connectivity index (χ1n) is 8.97. The molecule has 0 heterocycles. The minimum atomic E-state index is -0.162. The predicted octanol–water partition coefficient (Wildman–Crippen LogP) is 5.17. The molecule has 0 aliphatic heterocycles. The van der Waals surface area contributed by atoms with Crippen LogP contribution < -0.4 is 0 Å². The van der Waals surface area contributed by atoms with Crippen molar-refractivity contribution in [3.63, 3.8) is 0 Å². The third kappa shape index (κ3) is 3.19. The Kier molecular flexibility index (Phi) is 4.66. The van der Waals surface area contributed by atoms with Crippen molar-refractivity contribution in [2.24, 2.45) is 0 Å². The summed E-state index contributed by atoms with van der Waals surface area (Å²) in [4.78, 5) is 15.6. The lowest BCUT2D eigenvalue weighted by atomic mass is 9.72. The molecule has 2 aromatic carbocycles. The summed E-state index contributed by atoms with van der Waals surface area (Å²) in [6.45, 7) is 8.72. The zero-order chi connectivity index (χ0) is 18.2. The second-order valence-electron chi connectivity index (χ2n) is 7.77. The summed E-state index contributed by atoms with van der Waals surface area (Å²) in [5.74, 6) is 0.149. The number of ketones is 1. The van der Waals surface area contributed by atoms with Gasteiger partial charge in [-0.25, -0.2) is 0 Å². The Bertz CT molecular complexity index is 802. The lowest BCUT2D eigenvalue weighted by Crippen LogP contribution is -2.37. The zero-order valence-electron chi connectivity index (χ0n) is 15.8. The van der Waals surface area contributed by atoms with E-state index in [1.54, 1.807) is 0 Å².